The molecule has 1 aromatic rings. The molecule has 0 radical (unpaired) electrons. The lowest BCUT2D eigenvalue weighted by Gasteiger charge is -2.31. The third kappa shape index (κ3) is 2.65. The van der Waals surface area contributed by atoms with E-state index in [4.69, 9.17) is 10.5 Å². The van der Waals surface area contributed by atoms with E-state index in [2.05, 4.69) is 11.9 Å². The number of hydrogen-bond acceptors (Lipinski definition) is 3. The number of nitrogen functional groups attached to an aromatic ring is 1. The average Bonchev–Trinajstić information content (AvgIpc) is 2.30. The van der Waals surface area contributed by atoms with Crippen molar-refractivity contribution < 1.29 is 4.74 Å². The van der Waals surface area contributed by atoms with E-state index in [9.17, 15) is 0 Å². The van der Waals surface area contributed by atoms with Crippen LogP contribution in [-0.4, -0.2) is 11.1 Å². The highest BCUT2D eigenvalue weighted by atomic mass is 16.5. The molecule has 3 nitrogen and oxygen atoms in total. The zero-order valence-electron chi connectivity index (χ0n) is 9.86. The predicted octanol–water partition coefficient (Wildman–Crippen LogP) is 3.01. The molecule has 1 aliphatic rings. The summed E-state index contributed by atoms with van der Waals surface area (Å²) in [4.78, 5) is 3.97. The van der Waals surface area contributed by atoms with Crippen LogP contribution in [0.3, 0.4) is 0 Å². The Kier molecular flexibility index (Phi) is 3.65. The lowest BCUT2D eigenvalue weighted by Crippen LogP contribution is -2.29. The normalized spacial score (nSPS) is 25.3. The standard InChI is InChI=1S/C13H20N2O/c1-2-10-5-3-4-6-12(10)16-11-7-8-15-13(14)9-11/h7-10,12H,2-6H2,1H3,(H2,14,15). The van der Waals surface area contributed by atoms with Gasteiger partial charge in [-0.1, -0.05) is 13.3 Å². The highest BCUT2D eigenvalue weighted by molar-refractivity contribution is 5.35. The number of nitrogens with two attached hydrogens (primary N) is 1. The van der Waals surface area contributed by atoms with Crippen molar-refractivity contribution in [2.45, 2.75) is 45.1 Å². The minimum atomic E-state index is 0.362. The Bertz CT molecular complexity index is 340. The van der Waals surface area contributed by atoms with Crippen molar-refractivity contribution in [2.75, 3.05) is 5.73 Å². The Labute approximate surface area is 97.0 Å². The van der Waals surface area contributed by atoms with Crippen LogP contribution in [-0.2, 0) is 0 Å². The molecular formula is C13H20N2O. The van der Waals surface area contributed by atoms with E-state index < -0.39 is 0 Å². The molecule has 0 aromatic carbocycles. The van der Waals surface area contributed by atoms with Gasteiger partial charge >= 0.3 is 0 Å². The molecule has 0 aliphatic heterocycles. The van der Waals surface area contributed by atoms with Gasteiger partial charge in [-0.25, -0.2) is 4.98 Å². The lowest BCUT2D eigenvalue weighted by molar-refractivity contribution is 0.0904. The van der Waals surface area contributed by atoms with Gasteiger partial charge in [0.15, 0.2) is 0 Å². The first kappa shape index (κ1) is 11.2. The second kappa shape index (κ2) is 5.19. The largest absolute Gasteiger partial charge is 0.490 e. The monoisotopic (exact) mass is 220 g/mol. The zero-order chi connectivity index (χ0) is 11.4. The Hall–Kier alpha value is -1.25. The third-order valence-electron chi connectivity index (χ3n) is 3.40. The molecule has 1 heterocycles. The first-order valence-corrected chi connectivity index (χ1v) is 6.17. The van der Waals surface area contributed by atoms with Crippen LogP contribution in [0.2, 0.25) is 0 Å². The number of nitrogens with zero attached hydrogens (tertiary/aromatic N) is 1. The second-order valence-electron chi connectivity index (χ2n) is 4.53. The van der Waals surface area contributed by atoms with Gasteiger partial charge in [0, 0.05) is 12.3 Å². The fraction of sp³-hybridized carbons (Fsp3) is 0.615. The van der Waals surface area contributed by atoms with Gasteiger partial charge in [0.2, 0.25) is 0 Å². The number of aromatic nitrogens is 1. The number of ether oxygens (including phenoxy) is 1. The Morgan fingerprint density at radius 3 is 3.00 bits per heavy atom. The predicted molar refractivity (Wildman–Crippen MR) is 65.3 cm³/mol. The minimum absolute atomic E-state index is 0.362. The molecule has 1 aliphatic carbocycles. The highest BCUT2D eigenvalue weighted by Crippen LogP contribution is 2.30. The maximum atomic E-state index is 6.02. The maximum absolute atomic E-state index is 6.02. The summed E-state index contributed by atoms with van der Waals surface area (Å²) < 4.78 is 6.02. The van der Waals surface area contributed by atoms with Gasteiger partial charge in [-0.15, -0.1) is 0 Å². The summed E-state index contributed by atoms with van der Waals surface area (Å²) in [6, 6.07) is 3.69. The Morgan fingerprint density at radius 1 is 1.44 bits per heavy atom. The Balaban J connectivity index is 2.02. The number of rotatable bonds is 3. The van der Waals surface area contributed by atoms with E-state index in [1.165, 1.54) is 32.1 Å². The molecule has 3 heteroatoms. The smallest absolute Gasteiger partial charge is 0.126 e. The summed E-state index contributed by atoms with van der Waals surface area (Å²) in [6.45, 7) is 2.24. The van der Waals surface area contributed by atoms with Crippen LogP contribution in [0.4, 0.5) is 5.82 Å². The van der Waals surface area contributed by atoms with Gasteiger partial charge in [0.25, 0.3) is 0 Å². The van der Waals surface area contributed by atoms with Crippen LogP contribution in [0.15, 0.2) is 18.3 Å². The quantitative estimate of drug-likeness (QED) is 0.851. The average molecular weight is 220 g/mol. The van der Waals surface area contributed by atoms with Crippen LogP contribution in [0, 0.1) is 5.92 Å². The fourth-order valence-corrected chi connectivity index (χ4v) is 2.47. The molecule has 1 fully saturated rings. The van der Waals surface area contributed by atoms with Gasteiger partial charge in [0.1, 0.15) is 17.7 Å². The van der Waals surface area contributed by atoms with Gasteiger partial charge in [-0.3, -0.25) is 0 Å². The SMILES string of the molecule is CCC1CCCCC1Oc1ccnc(N)c1. The first-order valence-electron chi connectivity index (χ1n) is 6.17. The van der Waals surface area contributed by atoms with Crippen LogP contribution >= 0.6 is 0 Å². The molecule has 1 saturated carbocycles. The van der Waals surface area contributed by atoms with Crippen molar-refractivity contribution in [3.05, 3.63) is 18.3 Å². The fourth-order valence-electron chi connectivity index (χ4n) is 2.47. The maximum Gasteiger partial charge on any atom is 0.126 e. The van der Waals surface area contributed by atoms with Crippen LogP contribution in [0.5, 0.6) is 5.75 Å². The summed E-state index contributed by atoms with van der Waals surface area (Å²) in [7, 11) is 0. The van der Waals surface area contributed by atoms with Gasteiger partial charge < -0.3 is 10.5 Å². The molecule has 0 amide bonds. The van der Waals surface area contributed by atoms with Crippen LogP contribution in [0.25, 0.3) is 0 Å². The van der Waals surface area contributed by atoms with Crippen LogP contribution in [0.1, 0.15) is 39.0 Å². The zero-order valence-corrected chi connectivity index (χ0v) is 9.86. The minimum Gasteiger partial charge on any atom is -0.490 e. The summed E-state index contributed by atoms with van der Waals surface area (Å²) >= 11 is 0. The number of pyridine rings is 1. The van der Waals surface area contributed by atoms with Crippen molar-refractivity contribution >= 4 is 5.82 Å². The van der Waals surface area contributed by atoms with Gasteiger partial charge in [-0.2, -0.15) is 0 Å². The van der Waals surface area contributed by atoms with E-state index in [1.54, 1.807) is 12.3 Å². The van der Waals surface area contributed by atoms with E-state index in [0.29, 0.717) is 17.8 Å². The molecule has 88 valence electrons. The molecular weight excluding hydrogens is 200 g/mol. The summed E-state index contributed by atoms with van der Waals surface area (Å²) in [5.41, 5.74) is 5.64. The Morgan fingerprint density at radius 2 is 2.25 bits per heavy atom. The summed E-state index contributed by atoms with van der Waals surface area (Å²) in [6.07, 6.45) is 8.35. The molecule has 16 heavy (non-hydrogen) atoms. The summed E-state index contributed by atoms with van der Waals surface area (Å²) in [5, 5.41) is 0. The molecule has 2 rings (SSSR count). The molecule has 2 atom stereocenters. The number of anilines is 1. The third-order valence-corrected chi connectivity index (χ3v) is 3.40. The van der Waals surface area contributed by atoms with Crippen molar-refractivity contribution in [1.82, 2.24) is 4.98 Å². The highest BCUT2D eigenvalue weighted by Gasteiger charge is 2.25. The van der Waals surface area contributed by atoms with E-state index >= 15 is 0 Å². The van der Waals surface area contributed by atoms with E-state index in [-0.39, 0.29) is 0 Å². The molecule has 1 aromatic heterocycles. The summed E-state index contributed by atoms with van der Waals surface area (Å²) in [5.74, 6) is 2.09. The second-order valence-corrected chi connectivity index (χ2v) is 4.53. The van der Waals surface area contributed by atoms with E-state index in [0.717, 1.165) is 5.75 Å². The topological polar surface area (TPSA) is 48.1 Å². The van der Waals surface area contributed by atoms with Gasteiger partial charge in [0.05, 0.1) is 0 Å². The first-order chi connectivity index (χ1) is 7.79. The van der Waals surface area contributed by atoms with Crippen molar-refractivity contribution in [3.8, 4) is 5.75 Å². The molecule has 0 saturated heterocycles. The molecule has 0 bridgehead atoms. The van der Waals surface area contributed by atoms with Gasteiger partial charge in [-0.05, 0) is 37.7 Å². The van der Waals surface area contributed by atoms with Crippen LogP contribution < -0.4 is 10.5 Å². The molecule has 2 N–H and O–H groups in total. The van der Waals surface area contributed by atoms with Crippen molar-refractivity contribution in [2.24, 2.45) is 5.92 Å². The molecule has 0 spiro atoms. The number of hydrogen-bond donors (Lipinski definition) is 1. The lowest BCUT2D eigenvalue weighted by atomic mass is 9.85. The van der Waals surface area contributed by atoms with E-state index in [1.807, 2.05) is 6.07 Å². The van der Waals surface area contributed by atoms with Crippen molar-refractivity contribution in [1.29, 1.82) is 0 Å². The molecule has 2 unspecified atom stereocenters. The van der Waals surface area contributed by atoms with Crippen molar-refractivity contribution in [3.63, 3.8) is 0 Å².